The zero-order valence-electron chi connectivity index (χ0n) is 10.2. The van der Waals surface area contributed by atoms with Crippen LogP contribution in [0, 0.1) is 11.6 Å². The highest BCUT2D eigenvalue weighted by Crippen LogP contribution is 2.19. The van der Waals surface area contributed by atoms with Crippen LogP contribution in [0.2, 0.25) is 0 Å². The maximum atomic E-state index is 13.5. The summed E-state index contributed by atoms with van der Waals surface area (Å²) >= 11 is 0. The normalized spacial score (nSPS) is 23.7. The lowest BCUT2D eigenvalue weighted by Crippen LogP contribution is -2.43. The minimum atomic E-state index is -4.27. The zero-order valence-corrected chi connectivity index (χ0v) is 11.0. The van der Waals surface area contributed by atoms with E-state index in [1.54, 1.807) is 0 Å². The molecule has 2 atom stereocenters. The molecule has 1 aromatic rings. The third kappa shape index (κ3) is 2.92. The first-order chi connectivity index (χ1) is 8.95. The van der Waals surface area contributed by atoms with Gasteiger partial charge < -0.3 is 10.1 Å². The second kappa shape index (κ2) is 5.49. The minimum Gasteiger partial charge on any atom is -0.378 e. The van der Waals surface area contributed by atoms with Crippen molar-refractivity contribution in [3.8, 4) is 0 Å². The molecule has 1 heterocycles. The fourth-order valence-corrected chi connectivity index (χ4v) is 3.42. The fraction of sp³-hybridized carbons (Fsp3) is 0.455. The molecule has 0 aromatic heterocycles. The zero-order chi connectivity index (χ0) is 14.0. The van der Waals surface area contributed by atoms with Crippen molar-refractivity contribution in [1.29, 1.82) is 0 Å². The first kappa shape index (κ1) is 14.3. The van der Waals surface area contributed by atoms with Crippen molar-refractivity contribution in [3.63, 3.8) is 0 Å². The lowest BCUT2D eigenvalue weighted by atomic mass is 10.2. The molecule has 1 aliphatic heterocycles. The van der Waals surface area contributed by atoms with E-state index in [0.717, 1.165) is 18.2 Å². The van der Waals surface area contributed by atoms with Crippen LogP contribution in [0.3, 0.4) is 0 Å². The van der Waals surface area contributed by atoms with Crippen LogP contribution in [0.25, 0.3) is 0 Å². The lowest BCUT2D eigenvalue weighted by Gasteiger charge is -2.18. The Labute approximate surface area is 110 Å². The summed E-state index contributed by atoms with van der Waals surface area (Å²) < 4.78 is 58.4. The van der Waals surface area contributed by atoms with Crippen LogP contribution in [0.1, 0.15) is 0 Å². The molecular weight excluding hydrogens is 278 g/mol. The third-order valence-electron chi connectivity index (χ3n) is 2.96. The van der Waals surface area contributed by atoms with Crippen LogP contribution >= 0.6 is 0 Å². The molecular formula is C11H14F2N2O3S. The third-order valence-corrected chi connectivity index (χ3v) is 4.50. The van der Waals surface area contributed by atoms with E-state index in [2.05, 4.69) is 10.0 Å². The molecule has 1 aromatic carbocycles. The molecule has 0 saturated carbocycles. The number of nitrogens with one attached hydrogen (secondary N) is 2. The number of ether oxygens (including phenoxy) is 1. The molecule has 2 rings (SSSR count). The van der Waals surface area contributed by atoms with Gasteiger partial charge in [-0.1, -0.05) is 6.07 Å². The predicted octanol–water partition coefficient (Wildman–Crippen LogP) is 0.230. The maximum absolute atomic E-state index is 13.5. The smallest absolute Gasteiger partial charge is 0.246 e. The largest absolute Gasteiger partial charge is 0.378 e. The topological polar surface area (TPSA) is 67.4 Å². The van der Waals surface area contributed by atoms with Gasteiger partial charge in [0.25, 0.3) is 0 Å². The molecule has 1 fully saturated rings. The van der Waals surface area contributed by atoms with Gasteiger partial charge in [-0.15, -0.1) is 0 Å². The standard InChI is InChI=1S/C11H14F2N2O3S/c1-18-10-6-14-5-9(10)15-19(16,17)11-7(12)3-2-4-8(11)13/h2-4,9-10,14-15H,5-6H2,1H3/t9?,10-/m0/s1. The van der Waals surface area contributed by atoms with Crippen molar-refractivity contribution in [3.05, 3.63) is 29.8 Å². The van der Waals surface area contributed by atoms with Gasteiger partial charge in [-0.25, -0.2) is 21.9 Å². The summed E-state index contributed by atoms with van der Waals surface area (Å²) in [6, 6.07) is 2.35. The molecule has 2 N–H and O–H groups in total. The molecule has 1 aliphatic rings. The van der Waals surface area contributed by atoms with Crippen molar-refractivity contribution in [2.75, 3.05) is 20.2 Å². The first-order valence-corrected chi connectivity index (χ1v) is 7.14. The Morgan fingerprint density at radius 3 is 2.53 bits per heavy atom. The van der Waals surface area contributed by atoms with Crippen LogP contribution in [0.4, 0.5) is 8.78 Å². The summed E-state index contributed by atoms with van der Waals surface area (Å²) in [5.74, 6) is -2.24. The molecule has 1 unspecified atom stereocenters. The van der Waals surface area contributed by atoms with Gasteiger partial charge in [-0.3, -0.25) is 0 Å². The second-order valence-electron chi connectivity index (χ2n) is 4.21. The predicted molar refractivity (Wildman–Crippen MR) is 64.1 cm³/mol. The van der Waals surface area contributed by atoms with E-state index < -0.39 is 32.6 Å². The first-order valence-electron chi connectivity index (χ1n) is 5.65. The number of benzene rings is 1. The second-order valence-corrected chi connectivity index (χ2v) is 5.86. The van der Waals surface area contributed by atoms with Crippen LogP contribution in [0.15, 0.2) is 23.1 Å². The van der Waals surface area contributed by atoms with Crippen LogP contribution in [-0.2, 0) is 14.8 Å². The molecule has 0 bridgehead atoms. The van der Waals surface area contributed by atoms with E-state index in [1.165, 1.54) is 7.11 Å². The average Bonchev–Trinajstić information content (AvgIpc) is 2.74. The van der Waals surface area contributed by atoms with Gasteiger partial charge in [0.2, 0.25) is 10.0 Å². The highest BCUT2D eigenvalue weighted by atomic mass is 32.2. The SMILES string of the molecule is CO[C@H]1CNCC1NS(=O)(=O)c1c(F)cccc1F. The number of sulfonamides is 1. The van der Waals surface area contributed by atoms with Gasteiger partial charge in [0.1, 0.15) is 11.6 Å². The molecule has 0 aliphatic carbocycles. The number of rotatable bonds is 4. The minimum absolute atomic E-state index is 0.341. The highest BCUT2D eigenvalue weighted by molar-refractivity contribution is 7.89. The van der Waals surface area contributed by atoms with Gasteiger partial charge in [-0.2, -0.15) is 0 Å². The van der Waals surface area contributed by atoms with E-state index in [-0.39, 0.29) is 6.10 Å². The Hall–Kier alpha value is -1.09. The van der Waals surface area contributed by atoms with Crippen LogP contribution < -0.4 is 10.0 Å². The molecule has 5 nitrogen and oxygen atoms in total. The number of methoxy groups -OCH3 is 1. The van der Waals surface area contributed by atoms with Crippen LogP contribution in [0.5, 0.6) is 0 Å². The van der Waals surface area contributed by atoms with Gasteiger partial charge in [0.15, 0.2) is 4.90 Å². The molecule has 19 heavy (non-hydrogen) atoms. The summed E-state index contributed by atoms with van der Waals surface area (Å²) in [5, 5.41) is 2.94. The van der Waals surface area contributed by atoms with Crippen molar-refractivity contribution >= 4 is 10.0 Å². The monoisotopic (exact) mass is 292 g/mol. The van der Waals surface area contributed by atoms with E-state index in [4.69, 9.17) is 4.74 Å². The van der Waals surface area contributed by atoms with Crippen molar-refractivity contribution in [2.24, 2.45) is 0 Å². The van der Waals surface area contributed by atoms with Crippen molar-refractivity contribution in [1.82, 2.24) is 10.0 Å². The average molecular weight is 292 g/mol. The highest BCUT2D eigenvalue weighted by Gasteiger charge is 2.33. The number of halogens is 2. The summed E-state index contributed by atoms with van der Waals surface area (Å²) in [6.07, 6.45) is -0.371. The Kier molecular flexibility index (Phi) is 4.14. The van der Waals surface area contributed by atoms with Crippen molar-refractivity contribution in [2.45, 2.75) is 17.0 Å². The Morgan fingerprint density at radius 2 is 1.95 bits per heavy atom. The molecule has 0 amide bonds. The van der Waals surface area contributed by atoms with E-state index in [9.17, 15) is 17.2 Å². The summed E-state index contributed by atoms with van der Waals surface area (Å²) in [7, 11) is -2.82. The van der Waals surface area contributed by atoms with Gasteiger partial charge >= 0.3 is 0 Å². The Morgan fingerprint density at radius 1 is 1.32 bits per heavy atom. The molecule has 8 heteroatoms. The fourth-order valence-electron chi connectivity index (χ4n) is 2.02. The van der Waals surface area contributed by atoms with E-state index in [1.807, 2.05) is 0 Å². The van der Waals surface area contributed by atoms with Crippen molar-refractivity contribution < 1.29 is 21.9 Å². The Bertz CT molecular complexity index is 545. The summed E-state index contributed by atoms with van der Waals surface area (Å²) in [6.45, 7) is 0.817. The summed E-state index contributed by atoms with van der Waals surface area (Å²) in [4.78, 5) is -0.961. The quantitative estimate of drug-likeness (QED) is 0.833. The number of hydrogen-bond acceptors (Lipinski definition) is 4. The lowest BCUT2D eigenvalue weighted by molar-refractivity contribution is 0.103. The summed E-state index contributed by atoms with van der Waals surface area (Å²) in [5.41, 5.74) is 0. The molecule has 0 spiro atoms. The van der Waals surface area contributed by atoms with E-state index in [0.29, 0.717) is 13.1 Å². The number of hydrogen-bond donors (Lipinski definition) is 2. The van der Waals surface area contributed by atoms with Gasteiger partial charge in [-0.05, 0) is 12.1 Å². The van der Waals surface area contributed by atoms with E-state index >= 15 is 0 Å². The van der Waals surface area contributed by atoms with Crippen LogP contribution in [-0.4, -0.2) is 40.8 Å². The molecule has 1 saturated heterocycles. The maximum Gasteiger partial charge on any atom is 0.246 e. The molecule has 0 radical (unpaired) electrons. The van der Waals surface area contributed by atoms with Gasteiger partial charge in [0, 0.05) is 20.2 Å². The van der Waals surface area contributed by atoms with Gasteiger partial charge in [0.05, 0.1) is 12.1 Å². The molecule has 106 valence electrons. The Balaban J connectivity index is 2.28.